The van der Waals surface area contributed by atoms with Crippen LogP contribution in [-0.4, -0.2) is 83.3 Å². The highest BCUT2D eigenvalue weighted by atomic mass is 32.2. The molecule has 2 heterocycles. The standard InChI is InChI=1S/C23H38N6O7S/c1-5-6-10-34-19(32)23(8-7-9-23)36-29-16(18(31)27-15-13(11-24)25-17(15)30)14-12-37-20(26-14)28-21(33)35-22(2,3)4/h13-15,20,26H,5-12,24H2,1-4H3,(H,25,30)(H,27,31)(H,28,33)/b29-16-/t13-,14?,15+,20?/m1/s1. The second-order valence-electron chi connectivity index (χ2n) is 10.3. The monoisotopic (exact) mass is 542 g/mol. The van der Waals surface area contributed by atoms with Crippen molar-refractivity contribution in [1.82, 2.24) is 21.3 Å². The summed E-state index contributed by atoms with van der Waals surface area (Å²) in [5.74, 6) is -1.13. The molecule has 2 unspecified atom stereocenters. The van der Waals surface area contributed by atoms with Crippen molar-refractivity contribution in [3.05, 3.63) is 0 Å². The number of alkyl carbamates (subject to hydrolysis) is 1. The molecule has 0 aromatic carbocycles. The molecule has 3 fully saturated rings. The predicted molar refractivity (Wildman–Crippen MR) is 136 cm³/mol. The first-order valence-electron chi connectivity index (χ1n) is 12.6. The van der Waals surface area contributed by atoms with Crippen molar-refractivity contribution in [2.75, 3.05) is 18.9 Å². The van der Waals surface area contributed by atoms with Crippen molar-refractivity contribution in [3.8, 4) is 0 Å². The van der Waals surface area contributed by atoms with E-state index in [1.807, 2.05) is 6.92 Å². The van der Waals surface area contributed by atoms with E-state index in [1.54, 1.807) is 20.8 Å². The number of nitrogens with one attached hydrogen (secondary N) is 4. The summed E-state index contributed by atoms with van der Waals surface area (Å²) in [6.07, 6.45) is 2.61. The summed E-state index contributed by atoms with van der Waals surface area (Å²) in [7, 11) is 0. The van der Waals surface area contributed by atoms with E-state index in [0.717, 1.165) is 19.3 Å². The third kappa shape index (κ3) is 7.48. The van der Waals surface area contributed by atoms with Gasteiger partial charge in [-0.1, -0.05) is 18.5 Å². The Morgan fingerprint density at radius 3 is 2.54 bits per heavy atom. The molecule has 1 saturated carbocycles. The smallest absolute Gasteiger partial charge is 0.409 e. The predicted octanol–water partition coefficient (Wildman–Crippen LogP) is 0.0802. The SMILES string of the molecule is CCCCOC(=O)C1(O/N=C(\C(=O)N[C@@H]2C(=O)N[C@@H]2CN)C2CSC(NC(=O)OC(C)(C)C)N2)CCC1. The Hall–Kier alpha value is -2.58. The van der Waals surface area contributed by atoms with Crippen LogP contribution in [0.25, 0.3) is 0 Å². The van der Waals surface area contributed by atoms with Gasteiger partial charge >= 0.3 is 12.1 Å². The highest BCUT2D eigenvalue weighted by molar-refractivity contribution is 8.00. The number of carbonyl (C=O) groups excluding carboxylic acids is 4. The molecule has 3 amide bonds. The van der Waals surface area contributed by atoms with Crippen LogP contribution in [0.4, 0.5) is 4.79 Å². The van der Waals surface area contributed by atoms with Gasteiger partial charge < -0.3 is 30.7 Å². The third-order valence-electron chi connectivity index (χ3n) is 6.13. The molecule has 0 radical (unpaired) electrons. The lowest BCUT2D eigenvalue weighted by Crippen LogP contribution is -2.72. The van der Waals surface area contributed by atoms with Crippen LogP contribution in [-0.2, 0) is 28.7 Å². The van der Waals surface area contributed by atoms with E-state index in [2.05, 4.69) is 26.4 Å². The van der Waals surface area contributed by atoms with Gasteiger partial charge in [0.1, 0.15) is 17.1 Å². The lowest BCUT2D eigenvalue weighted by molar-refractivity contribution is -0.185. The van der Waals surface area contributed by atoms with E-state index in [1.165, 1.54) is 11.8 Å². The molecule has 6 N–H and O–H groups in total. The van der Waals surface area contributed by atoms with Gasteiger partial charge in [0.25, 0.3) is 5.91 Å². The van der Waals surface area contributed by atoms with Crippen LogP contribution in [0.2, 0.25) is 0 Å². The van der Waals surface area contributed by atoms with Gasteiger partial charge in [-0.15, -0.1) is 11.8 Å². The Morgan fingerprint density at radius 2 is 1.97 bits per heavy atom. The molecular weight excluding hydrogens is 504 g/mol. The molecule has 0 aromatic heterocycles. The molecule has 4 atom stereocenters. The number of esters is 1. The number of hydrogen-bond donors (Lipinski definition) is 5. The quantitative estimate of drug-likeness (QED) is 0.0788. The highest BCUT2D eigenvalue weighted by Crippen LogP contribution is 2.37. The summed E-state index contributed by atoms with van der Waals surface area (Å²) in [5.41, 5.74) is 3.13. The molecule has 2 saturated heterocycles. The topological polar surface area (TPSA) is 182 Å². The van der Waals surface area contributed by atoms with Crippen molar-refractivity contribution in [2.24, 2.45) is 10.9 Å². The highest BCUT2D eigenvalue weighted by Gasteiger charge is 2.50. The summed E-state index contributed by atoms with van der Waals surface area (Å²) in [5, 5.41) is 15.2. The molecule has 0 bridgehead atoms. The maximum Gasteiger partial charge on any atom is 0.409 e. The Balaban J connectivity index is 1.72. The van der Waals surface area contributed by atoms with Gasteiger partial charge in [0.2, 0.25) is 11.5 Å². The van der Waals surface area contributed by atoms with Crippen molar-refractivity contribution in [3.63, 3.8) is 0 Å². The first-order valence-corrected chi connectivity index (χ1v) is 13.6. The van der Waals surface area contributed by atoms with Crippen LogP contribution >= 0.6 is 11.8 Å². The summed E-state index contributed by atoms with van der Waals surface area (Å²) in [4.78, 5) is 55.8. The van der Waals surface area contributed by atoms with Crippen LogP contribution in [0.1, 0.15) is 59.8 Å². The maximum absolute atomic E-state index is 13.2. The fourth-order valence-electron chi connectivity index (χ4n) is 3.82. The lowest BCUT2D eigenvalue weighted by atomic mass is 9.80. The van der Waals surface area contributed by atoms with Gasteiger partial charge in [0, 0.05) is 25.1 Å². The molecular formula is C23H38N6O7S. The van der Waals surface area contributed by atoms with E-state index < -0.39 is 52.8 Å². The van der Waals surface area contributed by atoms with Gasteiger partial charge in [-0.25, -0.2) is 9.59 Å². The Morgan fingerprint density at radius 1 is 1.24 bits per heavy atom. The first kappa shape index (κ1) is 29.0. The molecule has 208 valence electrons. The van der Waals surface area contributed by atoms with Gasteiger partial charge in [-0.2, -0.15) is 0 Å². The molecule has 14 heteroatoms. The zero-order chi connectivity index (χ0) is 27.2. The van der Waals surface area contributed by atoms with Crippen molar-refractivity contribution in [1.29, 1.82) is 0 Å². The average molecular weight is 543 g/mol. The third-order valence-corrected chi connectivity index (χ3v) is 7.24. The van der Waals surface area contributed by atoms with Crippen LogP contribution in [0.3, 0.4) is 0 Å². The van der Waals surface area contributed by atoms with Crippen LogP contribution in [0, 0.1) is 0 Å². The number of oxime groups is 1. The molecule has 3 aliphatic rings. The van der Waals surface area contributed by atoms with Gasteiger partial charge in [0.05, 0.1) is 18.7 Å². The van der Waals surface area contributed by atoms with Crippen molar-refractivity contribution >= 4 is 41.4 Å². The maximum atomic E-state index is 13.2. The summed E-state index contributed by atoms with van der Waals surface area (Å²) in [6.45, 7) is 7.70. The normalized spacial score (nSPS) is 26.7. The van der Waals surface area contributed by atoms with Crippen LogP contribution < -0.4 is 27.0 Å². The van der Waals surface area contributed by atoms with Crippen molar-refractivity contribution < 1.29 is 33.5 Å². The van der Waals surface area contributed by atoms with E-state index in [0.29, 0.717) is 18.6 Å². The van der Waals surface area contributed by atoms with E-state index in [-0.39, 0.29) is 24.8 Å². The molecule has 3 rings (SSSR count). The Bertz CT molecular complexity index is 905. The molecule has 1 aliphatic carbocycles. The Kier molecular flexibility index (Phi) is 9.64. The number of hydrogen-bond acceptors (Lipinski definition) is 11. The zero-order valence-corrected chi connectivity index (χ0v) is 22.6. The molecule has 0 spiro atoms. The summed E-state index contributed by atoms with van der Waals surface area (Å²) in [6, 6.07) is -1.83. The van der Waals surface area contributed by atoms with E-state index in [4.69, 9.17) is 20.0 Å². The van der Waals surface area contributed by atoms with E-state index >= 15 is 0 Å². The minimum absolute atomic E-state index is 0.0518. The van der Waals surface area contributed by atoms with Crippen LogP contribution in [0.15, 0.2) is 5.16 Å². The number of nitrogens with two attached hydrogens (primary N) is 1. The average Bonchev–Trinajstić information content (AvgIpc) is 3.23. The number of amides is 3. The second kappa shape index (κ2) is 12.3. The molecule has 37 heavy (non-hydrogen) atoms. The summed E-state index contributed by atoms with van der Waals surface area (Å²) < 4.78 is 10.6. The number of ether oxygens (including phenoxy) is 2. The number of thioether (sulfide) groups is 1. The number of β-lactam (4-membered cyclic amide) rings is 1. The number of unbranched alkanes of at least 4 members (excludes halogenated alkanes) is 1. The number of nitrogens with zero attached hydrogens (tertiary/aromatic N) is 1. The first-order chi connectivity index (χ1) is 17.5. The van der Waals surface area contributed by atoms with Gasteiger partial charge in [0.15, 0.2) is 5.71 Å². The van der Waals surface area contributed by atoms with Gasteiger partial charge in [-0.3, -0.25) is 20.2 Å². The number of carbonyl (C=O) groups is 4. The Labute approximate surface area is 220 Å². The van der Waals surface area contributed by atoms with Crippen LogP contribution in [0.5, 0.6) is 0 Å². The fourth-order valence-corrected chi connectivity index (χ4v) is 4.90. The minimum Gasteiger partial charge on any atom is -0.463 e. The minimum atomic E-state index is -1.24. The van der Waals surface area contributed by atoms with E-state index in [9.17, 15) is 19.2 Å². The number of rotatable bonds is 11. The fraction of sp³-hybridized carbons (Fsp3) is 0.783. The van der Waals surface area contributed by atoms with Gasteiger partial charge in [-0.05, 0) is 33.6 Å². The molecule has 0 aromatic rings. The summed E-state index contributed by atoms with van der Waals surface area (Å²) >= 11 is 1.34. The lowest BCUT2D eigenvalue weighted by Gasteiger charge is -2.37. The molecule has 13 nitrogen and oxygen atoms in total. The second-order valence-corrected chi connectivity index (χ2v) is 11.4. The van der Waals surface area contributed by atoms with Crippen molar-refractivity contribution in [2.45, 2.75) is 94.6 Å². The largest absolute Gasteiger partial charge is 0.463 e. The zero-order valence-electron chi connectivity index (χ0n) is 21.8. The molecule has 2 aliphatic heterocycles.